The number of amides is 1. The third-order valence-corrected chi connectivity index (χ3v) is 1.82. The van der Waals surface area contributed by atoms with E-state index in [1.54, 1.807) is 13.8 Å². The van der Waals surface area contributed by atoms with E-state index in [2.05, 4.69) is 10.3 Å². The van der Waals surface area contributed by atoms with Crippen LogP contribution in [0.2, 0.25) is 0 Å². The topological polar surface area (TPSA) is 114 Å². The molecule has 0 aliphatic heterocycles. The number of nitrogens with zero attached hydrogens (tertiary/aromatic N) is 1. The zero-order valence-corrected chi connectivity index (χ0v) is 10.3. The molecule has 0 aromatic carbocycles. The van der Waals surface area contributed by atoms with Crippen molar-refractivity contribution in [3.05, 3.63) is 27.9 Å². The molecule has 0 atom stereocenters. The summed E-state index contributed by atoms with van der Waals surface area (Å²) in [7, 11) is 0. The predicted octanol–water partition coefficient (Wildman–Crippen LogP) is 0.812. The van der Waals surface area contributed by atoms with Crippen molar-refractivity contribution in [1.29, 1.82) is 0 Å². The third kappa shape index (κ3) is 4.83. The van der Waals surface area contributed by atoms with E-state index in [0.717, 1.165) is 0 Å². The molecule has 8 heteroatoms. The lowest BCUT2D eigenvalue weighted by Crippen LogP contribution is -2.45. The van der Waals surface area contributed by atoms with Crippen LogP contribution in [0.5, 0.6) is 0 Å². The summed E-state index contributed by atoms with van der Waals surface area (Å²) in [6.07, 6.45) is 0. The Kier molecular flexibility index (Phi) is 5.11. The minimum absolute atomic E-state index is 0. The second-order valence-corrected chi connectivity index (χ2v) is 4.19. The van der Waals surface area contributed by atoms with Gasteiger partial charge in [0.05, 0.1) is 0 Å². The van der Waals surface area contributed by atoms with Gasteiger partial charge in [0.2, 0.25) is 0 Å². The van der Waals surface area contributed by atoms with Gasteiger partial charge in [-0.3, -0.25) is 4.79 Å². The van der Waals surface area contributed by atoms with Crippen molar-refractivity contribution in [2.45, 2.75) is 19.4 Å². The maximum Gasteiger partial charge on any atom is 0.321 e. The van der Waals surface area contributed by atoms with Gasteiger partial charge in [0, 0.05) is 18.2 Å². The van der Waals surface area contributed by atoms with Gasteiger partial charge in [-0.25, -0.2) is 4.98 Å². The second kappa shape index (κ2) is 5.65. The number of carbonyl (C=O) groups is 1. The van der Waals surface area contributed by atoms with Gasteiger partial charge in [0.15, 0.2) is 5.69 Å². The molecule has 1 amide bonds. The van der Waals surface area contributed by atoms with E-state index in [4.69, 9.17) is 5.73 Å². The van der Waals surface area contributed by atoms with Crippen LogP contribution in [0.25, 0.3) is 0 Å². The number of aromatic amines is 1. The minimum atomic E-state index is -0.594. The van der Waals surface area contributed by atoms with Crippen molar-refractivity contribution in [2.24, 2.45) is 5.73 Å². The van der Waals surface area contributed by atoms with Crippen LogP contribution in [-0.4, -0.2) is 27.9 Å². The van der Waals surface area contributed by atoms with Crippen molar-refractivity contribution in [1.82, 2.24) is 10.3 Å². The average Bonchev–Trinajstić information content (AvgIpc) is 2.61. The van der Waals surface area contributed by atoms with Crippen molar-refractivity contribution in [2.75, 3.05) is 6.54 Å². The highest BCUT2D eigenvalue weighted by atomic mass is 35.5. The number of H-pyrrole nitrogens is 1. The highest BCUT2D eigenvalue weighted by Crippen LogP contribution is 2.09. The van der Waals surface area contributed by atoms with Gasteiger partial charge >= 0.3 is 5.82 Å². The van der Waals surface area contributed by atoms with E-state index in [0.29, 0.717) is 6.54 Å². The lowest BCUT2D eigenvalue weighted by molar-refractivity contribution is -0.389. The first-order chi connectivity index (χ1) is 7.29. The Balaban J connectivity index is 0.00000256. The Bertz CT molecular complexity index is 411. The molecule has 0 aliphatic rings. The van der Waals surface area contributed by atoms with Crippen molar-refractivity contribution in [3.8, 4) is 0 Å². The number of nitrogens with one attached hydrogen (secondary N) is 2. The summed E-state index contributed by atoms with van der Waals surface area (Å²) in [6.45, 7) is 3.83. The molecule has 17 heavy (non-hydrogen) atoms. The molecular weight excluding hydrogens is 248 g/mol. The lowest BCUT2D eigenvalue weighted by atomic mass is 10.1. The molecule has 0 unspecified atom stereocenters. The number of nitro groups is 1. The first-order valence-electron chi connectivity index (χ1n) is 4.70. The van der Waals surface area contributed by atoms with Crippen molar-refractivity contribution < 1.29 is 9.72 Å². The average molecular weight is 263 g/mol. The van der Waals surface area contributed by atoms with Crippen LogP contribution in [0.15, 0.2) is 12.1 Å². The SMILES string of the molecule is CC(C)(N)CNC(=O)c1ccc([N+](=O)[O-])[nH]1.Cl. The standard InChI is InChI=1S/C9H14N4O3.ClH/c1-9(2,10)5-11-8(14)6-3-4-7(12-6)13(15)16;/h3-4,12H,5,10H2,1-2H3,(H,11,14);1H. The number of hydrogen-bond acceptors (Lipinski definition) is 4. The second-order valence-electron chi connectivity index (χ2n) is 4.19. The van der Waals surface area contributed by atoms with Gasteiger partial charge in [0.1, 0.15) is 0 Å². The molecule has 0 aliphatic carbocycles. The summed E-state index contributed by atoms with van der Waals surface area (Å²) in [6, 6.07) is 2.60. The predicted molar refractivity (Wildman–Crippen MR) is 65.3 cm³/mol. The largest absolute Gasteiger partial charge is 0.358 e. The molecule has 0 saturated heterocycles. The molecule has 96 valence electrons. The first kappa shape index (κ1) is 15.4. The maximum atomic E-state index is 11.5. The zero-order chi connectivity index (χ0) is 12.3. The quantitative estimate of drug-likeness (QED) is 0.550. The lowest BCUT2D eigenvalue weighted by Gasteiger charge is -2.18. The molecule has 7 nitrogen and oxygen atoms in total. The van der Waals surface area contributed by atoms with E-state index in [9.17, 15) is 14.9 Å². The van der Waals surface area contributed by atoms with Crippen LogP contribution in [0.4, 0.5) is 5.82 Å². The van der Waals surface area contributed by atoms with Crippen LogP contribution in [-0.2, 0) is 0 Å². The molecular formula is C9H15ClN4O3. The van der Waals surface area contributed by atoms with Crippen LogP contribution in [0.3, 0.4) is 0 Å². The van der Waals surface area contributed by atoms with E-state index in [1.165, 1.54) is 12.1 Å². The van der Waals surface area contributed by atoms with E-state index in [1.807, 2.05) is 0 Å². The molecule has 1 aromatic heterocycles. The third-order valence-electron chi connectivity index (χ3n) is 1.82. The highest BCUT2D eigenvalue weighted by molar-refractivity contribution is 5.92. The van der Waals surface area contributed by atoms with Gasteiger partial charge in [0.25, 0.3) is 5.91 Å². The van der Waals surface area contributed by atoms with E-state index >= 15 is 0 Å². The van der Waals surface area contributed by atoms with Gasteiger partial charge in [-0.2, -0.15) is 0 Å². The summed E-state index contributed by atoms with van der Waals surface area (Å²) in [5.74, 6) is -0.621. The Morgan fingerprint density at radius 1 is 1.59 bits per heavy atom. The molecule has 1 rings (SSSR count). The molecule has 0 radical (unpaired) electrons. The Labute approximate surface area is 104 Å². The monoisotopic (exact) mass is 262 g/mol. The fourth-order valence-corrected chi connectivity index (χ4v) is 1.03. The number of carbonyl (C=O) groups excluding carboxylic acids is 1. The molecule has 0 saturated carbocycles. The highest BCUT2D eigenvalue weighted by Gasteiger charge is 2.17. The number of nitrogens with two attached hydrogens (primary N) is 1. The normalized spacial score (nSPS) is 10.5. The van der Waals surface area contributed by atoms with Crippen molar-refractivity contribution in [3.63, 3.8) is 0 Å². The number of rotatable bonds is 4. The summed E-state index contributed by atoms with van der Waals surface area (Å²) in [4.78, 5) is 23.7. The van der Waals surface area contributed by atoms with E-state index in [-0.39, 0.29) is 23.9 Å². The molecule has 4 N–H and O–H groups in total. The Morgan fingerprint density at radius 3 is 2.59 bits per heavy atom. The van der Waals surface area contributed by atoms with Crippen molar-refractivity contribution >= 4 is 24.1 Å². The zero-order valence-electron chi connectivity index (χ0n) is 9.52. The van der Waals surface area contributed by atoms with Gasteiger partial charge in [-0.05, 0) is 24.8 Å². The molecule has 0 spiro atoms. The van der Waals surface area contributed by atoms with Gasteiger partial charge < -0.3 is 21.2 Å². The fraction of sp³-hybridized carbons (Fsp3) is 0.444. The van der Waals surface area contributed by atoms with Crippen LogP contribution in [0.1, 0.15) is 24.3 Å². The molecule has 0 fully saturated rings. The van der Waals surface area contributed by atoms with E-state index < -0.39 is 16.4 Å². The fourth-order valence-electron chi connectivity index (χ4n) is 1.03. The smallest absolute Gasteiger partial charge is 0.321 e. The summed E-state index contributed by atoms with van der Waals surface area (Å²) < 4.78 is 0. The number of hydrogen-bond donors (Lipinski definition) is 3. The summed E-state index contributed by atoms with van der Waals surface area (Å²) >= 11 is 0. The van der Waals surface area contributed by atoms with Crippen LogP contribution >= 0.6 is 12.4 Å². The number of aromatic nitrogens is 1. The molecule has 1 heterocycles. The first-order valence-corrected chi connectivity index (χ1v) is 4.70. The summed E-state index contributed by atoms with van der Waals surface area (Å²) in [5.41, 5.74) is 5.31. The molecule has 1 aromatic rings. The minimum Gasteiger partial charge on any atom is -0.358 e. The number of halogens is 1. The maximum absolute atomic E-state index is 11.5. The summed E-state index contributed by atoms with van der Waals surface area (Å²) in [5, 5.41) is 12.9. The van der Waals surface area contributed by atoms with Gasteiger partial charge in [-0.1, -0.05) is 0 Å². The van der Waals surface area contributed by atoms with Crippen LogP contribution < -0.4 is 11.1 Å². The van der Waals surface area contributed by atoms with Gasteiger partial charge in [-0.15, -0.1) is 12.4 Å². The Morgan fingerprint density at radius 2 is 2.18 bits per heavy atom. The Hall–Kier alpha value is -1.60. The van der Waals surface area contributed by atoms with Crippen LogP contribution in [0, 0.1) is 10.1 Å². The molecule has 0 bridgehead atoms.